The van der Waals surface area contributed by atoms with Crippen LogP contribution in [-0.4, -0.2) is 16.8 Å². The zero-order chi connectivity index (χ0) is 9.26. The van der Waals surface area contributed by atoms with E-state index in [1.165, 1.54) is 0 Å². The van der Waals surface area contributed by atoms with Crippen LogP contribution in [-0.2, 0) is 0 Å². The second-order valence-corrected chi connectivity index (χ2v) is 2.66. The predicted molar refractivity (Wildman–Crippen MR) is 52.6 cm³/mol. The van der Waals surface area contributed by atoms with Crippen molar-refractivity contribution in [3.63, 3.8) is 0 Å². The van der Waals surface area contributed by atoms with Crippen LogP contribution >= 0.6 is 0 Å². The van der Waals surface area contributed by atoms with E-state index in [2.05, 4.69) is 16.7 Å². The molecule has 2 aromatic rings. The Labute approximate surface area is 75.4 Å². The molecule has 0 bridgehead atoms. The normalized spacial score (nSPS) is 10.2. The Balaban J connectivity index is 2.92. The molecule has 0 saturated heterocycles. The highest BCUT2D eigenvalue weighted by Crippen LogP contribution is 2.28. The van der Waals surface area contributed by atoms with Crippen molar-refractivity contribution in [1.82, 2.24) is 4.98 Å². The minimum Gasteiger partial charge on any atom is -0.506 e. The summed E-state index contributed by atoms with van der Waals surface area (Å²) in [7, 11) is 0. The molecule has 2 rings (SSSR count). The highest BCUT2D eigenvalue weighted by Gasteiger charge is 2.02. The molecule has 3 heteroatoms. The zero-order valence-corrected chi connectivity index (χ0v) is 6.94. The molecular weight excluding hydrogens is 164 g/mol. The lowest BCUT2D eigenvalue weighted by Gasteiger charge is -2.01. The summed E-state index contributed by atoms with van der Waals surface area (Å²) in [4.78, 5) is 7.89. The highest BCUT2D eigenvalue weighted by atomic mass is 16.3. The smallest absolute Gasteiger partial charge is 0.141 e. The van der Waals surface area contributed by atoms with Crippen LogP contribution in [0.4, 0.5) is 5.69 Å². The SMILES string of the molecule is C=Nc1ccnc2c(O)cccc12. The fraction of sp³-hybridized carbons (Fsp3) is 0. The molecule has 1 heterocycles. The predicted octanol–water partition coefficient (Wildman–Crippen LogP) is 2.27. The number of rotatable bonds is 1. The molecular formula is C10H8N2O. The first-order valence-electron chi connectivity index (χ1n) is 3.86. The Morgan fingerprint density at radius 3 is 2.92 bits per heavy atom. The summed E-state index contributed by atoms with van der Waals surface area (Å²) in [6, 6.07) is 6.97. The molecule has 64 valence electrons. The van der Waals surface area contributed by atoms with Crippen LogP contribution in [0.15, 0.2) is 35.5 Å². The maximum Gasteiger partial charge on any atom is 0.141 e. The van der Waals surface area contributed by atoms with E-state index in [-0.39, 0.29) is 5.75 Å². The third-order valence-corrected chi connectivity index (χ3v) is 1.90. The van der Waals surface area contributed by atoms with Crippen molar-refractivity contribution >= 4 is 23.3 Å². The molecule has 13 heavy (non-hydrogen) atoms. The maximum atomic E-state index is 9.47. The number of benzene rings is 1. The number of aromatic nitrogens is 1. The Kier molecular flexibility index (Phi) is 1.70. The number of hydrogen-bond donors (Lipinski definition) is 1. The summed E-state index contributed by atoms with van der Waals surface area (Å²) < 4.78 is 0. The molecule has 0 amide bonds. The Morgan fingerprint density at radius 2 is 2.15 bits per heavy atom. The van der Waals surface area contributed by atoms with E-state index in [0.29, 0.717) is 5.52 Å². The number of para-hydroxylation sites is 1. The van der Waals surface area contributed by atoms with Crippen LogP contribution in [0, 0.1) is 0 Å². The second kappa shape index (κ2) is 2.86. The van der Waals surface area contributed by atoms with Gasteiger partial charge in [0, 0.05) is 11.6 Å². The number of phenolic OH excluding ortho intramolecular Hbond substituents is 1. The lowest BCUT2D eigenvalue weighted by Crippen LogP contribution is -1.78. The molecule has 0 atom stereocenters. The molecule has 0 spiro atoms. The fourth-order valence-electron chi connectivity index (χ4n) is 1.28. The van der Waals surface area contributed by atoms with Gasteiger partial charge in [-0.2, -0.15) is 0 Å². The van der Waals surface area contributed by atoms with Gasteiger partial charge in [0.25, 0.3) is 0 Å². The van der Waals surface area contributed by atoms with Crippen molar-refractivity contribution in [1.29, 1.82) is 0 Å². The van der Waals surface area contributed by atoms with Gasteiger partial charge < -0.3 is 5.11 Å². The van der Waals surface area contributed by atoms with Crippen LogP contribution in [0.2, 0.25) is 0 Å². The van der Waals surface area contributed by atoms with Gasteiger partial charge in [0.15, 0.2) is 0 Å². The van der Waals surface area contributed by atoms with Crippen LogP contribution in [0.5, 0.6) is 5.75 Å². The van der Waals surface area contributed by atoms with E-state index in [1.54, 1.807) is 24.4 Å². The number of pyridine rings is 1. The summed E-state index contributed by atoms with van der Waals surface area (Å²) in [6.07, 6.45) is 1.60. The van der Waals surface area contributed by atoms with E-state index in [4.69, 9.17) is 0 Å². The topological polar surface area (TPSA) is 45.5 Å². The number of nitrogens with zero attached hydrogens (tertiary/aromatic N) is 2. The van der Waals surface area contributed by atoms with Gasteiger partial charge in [-0.15, -0.1) is 0 Å². The number of phenols is 1. The van der Waals surface area contributed by atoms with Gasteiger partial charge in [0.1, 0.15) is 11.3 Å². The van der Waals surface area contributed by atoms with Crippen LogP contribution < -0.4 is 0 Å². The van der Waals surface area contributed by atoms with Gasteiger partial charge in [-0.05, 0) is 18.9 Å². The fourth-order valence-corrected chi connectivity index (χ4v) is 1.28. The summed E-state index contributed by atoms with van der Waals surface area (Å²) in [5.74, 6) is 0.169. The van der Waals surface area contributed by atoms with E-state index >= 15 is 0 Å². The monoisotopic (exact) mass is 172 g/mol. The van der Waals surface area contributed by atoms with Crippen molar-refractivity contribution in [3.8, 4) is 5.75 Å². The zero-order valence-electron chi connectivity index (χ0n) is 6.94. The van der Waals surface area contributed by atoms with Gasteiger partial charge in [0.05, 0.1) is 5.69 Å². The minimum atomic E-state index is 0.169. The average molecular weight is 172 g/mol. The third kappa shape index (κ3) is 1.14. The number of aliphatic imine (C=N–C) groups is 1. The summed E-state index contributed by atoms with van der Waals surface area (Å²) in [5, 5.41) is 10.3. The largest absolute Gasteiger partial charge is 0.506 e. The van der Waals surface area contributed by atoms with Gasteiger partial charge in [-0.1, -0.05) is 12.1 Å². The molecule has 1 aromatic heterocycles. The second-order valence-electron chi connectivity index (χ2n) is 2.66. The van der Waals surface area contributed by atoms with Crippen molar-refractivity contribution in [2.45, 2.75) is 0 Å². The molecule has 0 unspecified atom stereocenters. The Bertz CT molecular complexity index is 465. The number of aromatic hydroxyl groups is 1. The Morgan fingerprint density at radius 1 is 1.31 bits per heavy atom. The van der Waals surface area contributed by atoms with Crippen LogP contribution in [0.3, 0.4) is 0 Å². The summed E-state index contributed by atoms with van der Waals surface area (Å²) in [5.41, 5.74) is 1.30. The van der Waals surface area contributed by atoms with Gasteiger partial charge in [-0.25, -0.2) is 0 Å². The molecule has 1 N–H and O–H groups in total. The molecule has 0 aliphatic carbocycles. The van der Waals surface area contributed by atoms with Crippen molar-refractivity contribution in [3.05, 3.63) is 30.5 Å². The molecule has 1 aromatic carbocycles. The lowest BCUT2D eigenvalue weighted by atomic mass is 10.2. The third-order valence-electron chi connectivity index (χ3n) is 1.90. The van der Waals surface area contributed by atoms with Crippen molar-refractivity contribution in [2.75, 3.05) is 0 Å². The van der Waals surface area contributed by atoms with Crippen LogP contribution in [0.25, 0.3) is 10.9 Å². The highest BCUT2D eigenvalue weighted by molar-refractivity contribution is 5.93. The van der Waals surface area contributed by atoms with Gasteiger partial charge in [0.2, 0.25) is 0 Å². The first-order chi connectivity index (χ1) is 6.33. The first kappa shape index (κ1) is 7.73. The summed E-state index contributed by atoms with van der Waals surface area (Å²) in [6.45, 7) is 3.45. The van der Waals surface area contributed by atoms with E-state index < -0.39 is 0 Å². The van der Waals surface area contributed by atoms with Crippen molar-refractivity contribution < 1.29 is 5.11 Å². The Hall–Kier alpha value is -1.90. The lowest BCUT2D eigenvalue weighted by molar-refractivity contribution is 0.480. The van der Waals surface area contributed by atoms with Crippen LogP contribution in [0.1, 0.15) is 0 Å². The van der Waals surface area contributed by atoms with E-state index in [9.17, 15) is 5.11 Å². The molecule has 0 radical (unpaired) electrons. The quantitative estimate of drug-likeness (QED) is 0.670. The molecule has 0 aliphatic rings. The van der Waals surface area contributed by atoms with E-state index in [1.807, 2.05) is 6.07 Å². The molecule has 3 nitrogen and oxygen atoms in total. The minimum absolute atomic E-state index is 0.169. The maximum absolute atomic E-state index is 9.47. The molecule has 0 fully saturated rings. The first-order valence-corrected chi connectivity index (χ1v) is 3.86. The number of hydrogen-bond acceptors (Lipinski definition) is 3. The van der Waals surface area contributed by atoms with Gasteiger partial charge >= 0.3 is 0 Å². The van der Waals surface area contributed by atoms with Crippen molar-refractivity contribution in [2.24, 2.45) is 4.99 Å². The average Bonchev–Trinajstić information content (AvgIpc) is 2.18. The number of fused-ring (bicyclic) bond motifs is 1. The molecule has 0 aliphatic heterocycles. The summed E-state index contributed by atoms with van der Waals surface area (Å²) >= 11 is 0. The van der Waals surface area contributed by atoms with Gasteiger partial charge in [-0.3, -0.25) is 9.98 Å². The molecule has 0 saturated carbocycles. The van der Waals surface area contributed by atoms with E-state index in [0.717, 1.165) is 11.1 Å². The standard InChI is InChI=1S/C10H8N2O/c1-11-8-5-6-12-10-7(8)3-2-4-9(10)13/h2-6,13H,1H2.